The molecule has 2 unspecified atom stereocenters. The summed E-state index contributed by atoms with van der Waals surface area (Å²) in [6.07, 6.45) is 7.64. The van der Waals surface area contributed by atoms with Gasteiger partial charge in [0.1, 0.15) is 0 Å². The molecule has 0 amide bonds. The molecule has 1 aliphatic carbocycles. The van der Waals surface area contributed by atoms with Crippen LogP contribution in [0.5, 0.6) is 0 Å². The number of hydrogen-bond donors (Lipinski definition) is 1. The highest BCUT2D eigenvalue weighted by molar-refractivity contribution is 5.70. The zero-order valence-electron chi connectivity index (χ0n) is 11.1. The fourth-order valence-corrected chi connectivity index (χ4v) is 3.99. The molecule has 4 nitrogen and oxygen atoms in total. The summed E-state index contributed by atoms with van der Waals surface area (Å²) in [4.78, 5) is 16.1. The standard InChI is InChI=1S/C14H24N2O2/c17-14(18)11-5-7-15(9-11)13-6-8-16(10-13)12-3-1-2-4-12/h11-13H,1-10H2,(H,17,18). The maximum Gasteiger partial charge on any atom is 0.307 e. The second-order valence-electron chi connectivity index (χ2n) is 6.19. The molecule has 4 heteroatoms. The van der Waals surface area contributed by atoms with Crippen LogP contribution in [0.15, 0.2) is 0 Å². The number of hydrogen-bond acceptors (Lipinski definition) is 3. The summed E-state index contributed by atoms with van der Waals surface area (Å²) < 4.78 is 0. The van der Waals surface area contributed by atoms with E-state index in [4.69, 9.17) is 5.11 Å². The first kappa shape index (κ1) is 12.4. The Labute approximate surface area is 109 Å². The molecule has 0 radical (unpaired) electrons. The van der Waals surface area contributed by atoms with Crippen molar-refractivity contribution in [2.75, 3.05) is 26.2 Å². The molecule has 2 saturated heterocycles. The average Bonchev–Trinajstić information content (AvgIpc) is 3.10. The van der Waals surface area contributed by atoms with E-state index >= 15 is 0 Å². The molecule has 1 saturated carbocycles. The average molecular weight is 252 g/mol. The van der Waals surface area contributed by atoms with Crippen molar-refractivity contribution in [1.82, 2.24) is 9.80 Å². The van der Waals surface area contributed by atoms with Gasteiger partial charge in [-0.25, -0.2) is 0 Å². The third-order valence-corrected chi connectivity index (χ3v) is 5.12. The number of likely N-dealkylation sites (tertiary alicyclic amines) is 2. The minimum absolute atomic E-state index is 0.120. The fraction of sp³-hybridized carbons (Fsp3) is 0.929. The van der Waals surface area contributed by atoms with E-state index in [2.05, 4.69) is 9.80 Å². The molecule has 0 aromatic heterocycles. The van der Waals surface area contributed by atoms with Crippen LogP contribution in [-0.4, -0.2) is 59.1 Å². The molecular weight excluding hydrogens is 228 g/mol. The third-order valence-electron chi connectivity index (χ3n) is 5.12. The molecule has 2 heterocycles. The van der Waals surface area contributed by atoms with Gasteiger partial charge in [0.15, 0.2) is 0 Å². The molecule has 102 valence electrons. The van der Waals surface area contributed by atoms with E-state index in [0.29, 0.717) is 6.04 Å². The Morgan fingerprint density at radius 3 is 2.22 bits per heavy atom. The Morgan fingerprint density at radius 1 is 0.889 bits per heavy atom. The van der Waals surface area contributed by atoms with Crippen LogP contribution in [-0.2, 0) is 4.79 Å². The topological polar surface area (TPSA) is 43.8 Å². The van der Waals surface area contributed by atoms with E-state index in [1.54, 1.807) is 0 Å². The molecule has 0 aromatic carbocycles. The van der Waals surface area contributed by atoms with Gasteiger partial charge in [-0.2, -0.15) is 0 Å². The van der Waals surface area contributed by atoms with E-state index < -0.39 is 5.97 Å². The second kappa shape index (κ2) is 5.17. The van der Waals surface area contributed by atoms with E-state index in [-0.39, 0.29) is 5.92 Å². The Balaban J connectivity index is 1.51. The minimum Gasteiger partial charge on any atom is -0.481 e. The number of rotatable bonds is 3. The molecule has 3 aliphatic rings. The van der Waals surface area contributed by atoms with Crippen molar-refractivity contribution in [2.24, 2.45) is 5.92 Å². The van der Waals surface area contributed by atoms with Gasteiger partial charge in [0.25, 0.3) is 0 Å². The Kier molecular flexibility index (Phi) is 3.57. The van der Waals surface area contributed by atoms with Crippen molar-refractivity contribution in [1.29, 1.82) is 0 Å². The highest BCUT2D eigenvalue weighted by Gasteiger charge is 2.37. The molecule has 3 fully saturated rings. The van der Waals surface area contributed by atoms with Crippen LogP contribution in [0.3, 0.4) is 0 Å². The van der Waals surface area contributed by atoms with Gasteiger partial charge in [-0.05, 0) is 32.2 Å². The molecule has 2 atom stereocenters. The molecule has 0 spiro atoms. The predicted octanol–water partition coefficient (Wildman–Crippen LogP) is 1.41. The summed E-state index contributed by atoms with van der Waals surface area (Å²) in [6, 6.07) is 1.45. The van der Waals surface area contributed by atoms with Crippen LogP contribution in [0.4, 0.5) is 0 Å². The lowest BCUT2D eigenvalue weighted by molar-refractivity contribution is -0.141. The van der Waals surface area contributed by atoms with Crippen LogP contribution in [0.25, 0.3) is 0 Å². The Bertz CT molecular complexity index is 315. The molecule has 18 heavy (non-hydrogen) atoms. The third kappa shape index (κ3) is 2.41. The van der Waals surface area contributed by atoms with Gasteiger partial charge in [-0.1, -0.05) is 12.8 Å². The lowest BCUT2D eigenvalue weighted by Crippen LogP contribution is -2.38. The van der Waals surface area contributed by atoms with Crippen molar-refractivity contribution in [3.63, 3.8) is 0 Å². The number of carbonyl (C=O) groups is 1. The largest absolute Gasteiger partial charge is 0.481 e. The molecule has 0 aromatic rings. The Morgan fingerprint density at radius 2 is 1.56 bits per heavy atom. The van der Waals surface area contributed by atoms with Crippen LogP contribution >= 0.6 is 0 Å². The van der Waals surface area contributed by atoms with E-state index in [1.165, 1.54) is 45.2 Å². The summed E-state index contributed by atoms with van der Waals surface area (Å²) in [5, 5.41) is 9.06. The summed E-state index contributed by atoms with van der Waals surface area (Å²) in [7, 11) is 0. The zero-order chi connectivity index (χ0) is 12.5. The zero-order valence-corrected chi connectivity index (χ0v) is 11.1. The normalized spacial score (nSPS) is 35.6. The van der Waals surface area contributed by atoms with E-state index in [1.807, 2.05) is 0 Å². The first-order valence-corrected chi connectivity index (χ1v) is 7.45. The van der Waals surface area contributed by atoms with Crippen molar-refractivity contribution in [3.05, 3.63) is 0 Å². The summed E-state index contributed by atoms with van der Waals surface area (Å²) in [5.74, 6) is -0.728. The predicted molar refractivity (Wildman–Crippen MR) is 69.5 cm³/mol. The monoisotopic (exact) mass is 252 g/mol. The quantitative estimate of drug-likeness (QED) is 0.825. The van der Waals surface area contributed by atoms with Gasteiger partial charge in [-0.3, -0.25) is 14.6 Å². The number of aliphatic carboxylic acids is 1. The van der Waals surface area contributed by atoms with Crippen LogP contribution in [0.1, 0.15) is 38.5 Å². The highest BCUT2D eigenvalue weighted by Crippen LogP contribution is 2.30. The van der Waals surface area contributed by atoms with Gasteiger partial charge in [-0.15, -0.1) is 0 Å². The Hall–Kier alpha value is -0.610. The van der Waals surface area contributed by atoms with Crippen molar-refractivity contribution in [3.8, 4) is 0 Å². The van der Waals surface area contributed by atoms with Crippen LogP contribution in [0.2, 0.25) is 0 Å². The molecule has 3 rings (SSSR count). The van der Waals surface area contributed by atoms with Gasteiger partial charge >= 0.3 is 5.97 Å². The SMILES string of the molecule is O=C(O)C1CCN(C2CCN(C3CCCC3)C2)C1. The van der Waals surface area contributed by atoms with Crippen molar-refractivity contribution in [2.45, 2.75) is 50.6 Å². The smallest absolute Gasteiger partial charge is 0.307 e. The van der Waals surface area contributed by atoms with E-state index in [0.717, 1.165) is 25.6 Å². The fourth-order valence-electron chi connectivity index (χ4n) is 3.99. The van der Waals surface area contributed by atoms with E-state index in [9.17, 15) is 4.79 Å². The highest BCUT2D eigenvalue weighted by atomic mass is 16.4. The van der Waals surface area contributed by atoms with Gasteiger partial charge in [0.2, 0.25) is 0 Å². The van der Waals surface area contributed by atoms with Gasteiger partial charge in [0.05, 0.1) is 5.92 Å². The number of carboxylic acids is 1. The maximum absolute atomic E-state index is 11.0. The number of nitrogens with zero attached hydrogens (tertiary/aromatic N) is 2. The molecule has 0 bridgehead atoms. The lowest BCUT2D eigenvalue weighted by atomic mass is 10.1. The first-order valence-electron chi connectivity index (χ1n) is 7.45. The number of carboxylic acid groups (broad SMARTS) is 1. The van der Waals surface area contributed by atoms with Gasteiger partial charge < -0.3 is 5.11 Å². The molecule has 1 N–H and O–H groups in total. The molecular formula is C14H24N2O2. The van der Waals surface area contributed by atoms with Crippen molar-refractivity contribution < 1.29 is 9.90 Å². The van der Waals surface area contributed by atoms with Crippen molar-refractivity contribution >= 4 is 5.97 Å². The minimum atomic E-state index is -0.608. The summed E-state index contributed by atoms with van der Waals surface area (Å²) in [6.45, 7) is 4.17. The van der Waals surface area contributed by atoms with Gasteiger partial charge in [0, 0.05) is 31.7 Å². The second-order valence-corrected chi connectivity index (χ2v) is 6.19. The lowest BCUT2D eigenvalue weighted by Gasteiger charge is -2.27. The maximum atomic E-state index is 11.0. The van der Waals surface area contributed by atoms with Crippen LogP contribution in [0, 0.1) is 5.92 Å². The molecule has 2 aliphatic heterocycles. The summed E-state index contributed by atoms with van der Waals surface area (Å²) in [5.41, 5.74) is 0. The summed E-state index contributed by atoms with van der Waals surface area (Å²) >= 11 is 0. The first-order chi connectivity index (χ1) is 8.74. The van der Waals surface area contributed by atoms with Crippen LogP contribution < -0.4 is 0 Å².